The van der Waals surface area contributed by atoms with E-state index >= 15 is 0 Å². The number of carbonyl (C=O) groups is 1. The van der Waals surface area contributed by atoms with E-state index in [0.29, 0.717) is 18.0 Å². The lowest BCUT2D eigenvalue weighted by atomic mass is 10.0. The summed E-state index contributed by atoms with van der Waals surface area (Å²) in [6, 6.07) is 6.34. The second-order valence-corrected chi connectivity index (χ2v) is 4.96. The van der Waals surface area contributed by atoms with Crippen molar-refractivity contribution in [3.63, 3.8) is 0 Å². The average molecular weight is 250 g/mol. The van der Waals surface area contributed by atoms with Gasteiger partial charge in [0.15, 0.2) is 0 Å². The summed E-state index contributed by atoms with van der Waals surface area (Å²) in [6.45, 7) is 3.87. The molecule has 0 aromatic heterocycles. The topological polar surface area (TPSA) is 29.1 Å². The van der Waals surface area contributed by atoms with Crippen molar-refractivity contribution in [2.45, 2.75) is 25.7 Å². The van der Waals surface area contributed by atoms with Gasteiger partial charge in [0.2, 0.25) is 5.91 Å². The van der Waals surface area contributed by atoms with Crippen LogP contribution in [0.15, 0.2) is 29.8 Å². The van der Waals surface area contributed by atoms with Crippen molar-refractivity contribution in [1.29, 1.82) is 0 Å². The second-order valence-electron chi connectivity index (χ2n) is 4.43. The first kappa shape index (κ1) is 12.2. The molecule has 0 saturated heterocycles. The number of benzene rings is 1. The van der Waals surface area contributed by atoms with E-state index in [2.05, 4.69) is 24.0 Å². The van der Waals surface area contributed by atoms with Crippen LogP contribution in [-0.2, 0) is 24.1 Å². The first-order chi connectivity index (χ1) is 8.15. The molecular formula is C14H16ClNO. The van der Waals surface area contributed by atoms with Crippen molar-refractivity contribution in [3.05, 3.63) is 46.5 Å². The minimum atomic E-state index is -0.00949. The van der Waals surface area contributed by atoms with Crippen LogP contribution in [-0.4, -0.2) is 12.5 Å². The third-order valence-corrected chi connectivity index (χ3v) is 3.14. The van der Waals surface area contributed by atoms with E-state index in [4.69, 9.17) is 11.6 Å². The van der Waals surface area contributed by atoms with E-state index in [-0.39, 0.29) is 5.91 Å². The van der Waals surface area contributed by atoms with Gasteiger partial charge in [0.1, 0.15) is 0 Å². The monoisotopic (exact) mass is 249 g/mol. The van der Waals surface area contributed by atoms with Crippen LogP contribution >= 0.6 is 11.6 Å². The van der Waals surface area contributed by atoms with Crippen LogP contribution in [0, 0.1) is 0 Å². The van der Waals surface area contributed by atoms with Gasteiger partial charge in [-0.05, 0) is 36.0 Å². The SMILES string of the molecule is C=C(Cl)CNC(=O)Cc1ccc2c(c1)CCC2. The number of fused-ring (bicyclic) bond motifs is 1. The quantitative estimate of drug-likeness (QED) is 0.873. The van der Waals surface area contributed by atoms with E-state index in [1.54, 1.807) is 0 Å². The standard InChI is InChI=1S/C14H16ClNO/c1-10(15)9-16-14(17)8-11-5-6-12-3-2-4-13(12)7-11/h5-7H,1-4,8-9H2,(H,16,17). The van der Waals surface area contributed by atoms with Crippen LogP contribution in [0.4, 0.5) is 0 Å². The van der Waals surface area contributed by atoms with Crippen molar-refractivity contribution >= 4 is 17.5 Å². The minimum Gasteiger partial charge on any atom is -0.351 e. The Morgan fingerprint density at radius 3 is 2.88 bits per heavy atom. The molecular weight excluding hydrogens is 234 g/mol. The first-order valence-electron chi connectivity index (χ1n) is 5.86. The molecule has 0 spiro atoms. The first-order valence-corrected chi connectivity index (χ1v) is 6.23. The van der Waals surface area contributed by atoms with E-state index in [1.165, 1.54) is 24.0 Å². The molecule has 3 heteroatoms. The molecule has 2 nitrogen and oxygen atoms in total. The van der Waals surface area contributed by atoms with Gasteiger partial charge in [0.25, 0.3) is 0 Å². The maximum atomic E-state index is 11.6. The summed E-state index contributed by atoms with van der Waals surface area (Å²) in [4.78, 5) is 11.6. The Hall–Kier alpha value is -1.28. The highest BCUT2D eigenvalue weighted by atomic mass is 35.5. The summed E-state index contributed by atoms with van der Waals surface area (Å²) >= 11 is 5.59. The molecule has 17 heavy (non-hydrogen) atoms. The summed E-state index contributed by atoms with van der Waals surface area (Å²) in [5.74, 6) is -0.00949. The molecule has 1 amide bonds. The molecule has 1 aliphatic rings. The fraction of sp³-hybridized carbons (Fsp3) is 0.357. The molecule has 90 valence electrons. The van der Waals surface area contributed by atoms with Crippen molar-refractivity contribution < 1.29 is 4.79 Å². The largest absolute Gasteiger partial charge is 0.351 e. The fourth-order valence-corrected chi connectivity index (χ4v) is 2.24. The zero-order valence-electron chi connectivity index (χ0n) is 9.76. The summed E-state index contributed by atoms with van der Waals surface area (Å²) in [5.41, 5.74) is 3.91. The fourth-order valence-electron chi connectivity index (χ4n) is 2.18. The molecule has 0 radical (unpaired) electrons. The maximum Gasteiger partial charge on any atom is 0.224 e. The number of rotatable bonds is 4. The predicted octanol–water partition coefficient (Wildman–Crippen LogP) is 2.59. The van der Waals surface area contributed by atoms with Crippen molar-refractivity contribution in [1.82, 2.24) is 5.32 Å². The maximum absolute atomic E-state index is 11.6. The molecule has 0 aliphatic heterocycles. The zero-order valence-corrected chi connectivity index (χ0v) is 10.5. The summed E-state index contributed by atoms with van der Waals surface area (Å²) in [5, 5.41) is 3.18. The number of hydrogen-bond acceptors (Lipinski definition) is 1. The molecule has 2 rings (SSSR count). The summed E-state index contributed by atoms with van der Waals surface area (Å²) in [6.07, 6.45) is 3.96. The van der Waals surface area contributed by atoms with E-state index in [9.17, 15) is 4.79 Å². The number of amides is 1. The third-order valence-electron chi connectivity index (χ3n) is 3.00. The molecule has 1 aromatic carbocycles. The van der Waals surface area contributed by atoms with Gasteiger partial charge in [-0.25, -0.2) is 0 Å². The van der Waals surface area contributed by atoms with Gasteiger partial charge < -0.3 is 5.32 Å². The van der Waals surface area contributed by atoms with Crippen molar-refractivity contribution in [2.24, 2.45) is 0 Å². The van der Waals surface area contributed by atoms with Gasteiger partial charge in [-0.2, -0.15) is 0 Å². The molecule has 1 N–H and O–H groups in total. The van der Waals surface area contributed by atoms with Crippen LogP contribution in [0.2, 0.25) is 0 Å². The van der Waals surface area contributed by atoms with Crippen LogP contribution in [0.3, 0.4) is 0 Å². The van der Waals surface area contributed by atoms with Crippen LogP contribution in [0.25, 0.3) is 0 Å². The Morgan fingerprint density at radius 2 is 2.12 bits per heavy atom. The van der Waals surface area contributed by atoms with E-state index in [1.807, 2.05) is 6.07 Å². The lowest BCUT2D eigenvalue weighted by molar-refractivity contribution is -0.120. The molecule has 1 aliphatic carbocycles. The Bertz CT molecular complexity index is 454. The van der Waals surface area contributed by atoms with Gasteiger partial charge >= 0.3 is 0 Å². The Morgan fingerprint density at radius 1 is 1.35 bits per heavy atom. The smallest absolute Gasteiger partial charge is 0.224 e. The van der Waals surface area contributed by atoms with Crippen LogP contribution in [0.1, 0.15) is 23.1 Å². The number of halogens is 1. The van der Waals surface area contributed by atoms with Gasteiger partial charge in [0.05, 0.1) is 13.0 Å². The Labute approximate surface area is 107 Å². The number of aryl methyl sites for hydroxylation is 2. The van der Waals surface area contributed by atoms with E-state index < -0.39 is 0 Å². The molecule has 0 saturated carbocycles. The number of carbonyl (C=O) groups excluding carboxylic acids is 1. The van der Waals surface area contributed by atoms with Gasteiger partial charge in [-0.15, -0.1) is 0 Å². The highest BCUT2D eigenvalue weighted by molar-refractivity contribution is 6.29. The molecule has 0 atom stereocenters. The predicted molar refractivity (Wildman–Crippen MR) is 70.2 cm³/mol. The third kappa shape index (κ3) is 3.34. The summed E-state index contributed by atoms with van der Waals surface area (Å²) in [7, 11) is 0. The lowest BCUT2D eigenvalue weighted by Gasteiger charge is -2.06. The van der Waals surface area contributed by atoms with E-state index in [0.717, 1.165) is 12.0 Å². The van der Waals surface area contributed by atoms with Crippen LogP contribution < -0.4 is 5.32 Å². The second kappa shape index (κ2) is 5.37. The van der Waals surface area contributed by atoms with Crippen LogP contribution in [0.5, 0.6) is 0 Å². The number of hydrogen-bond donors (Lipinski definition) is 1. The molecule has 0 heterocycles. The van der Waals surface area contributed by atoms with Crippen molar-refractivity contribution in [3.8, 4) is 0 Å². The lowest BCUT2D eigenvalue weighted by Crippen LogP contribution is -2.26. The number of nitrogens with one attached hydrogen (secondary N) is 1. The normalized spacial score (nSPS) is 13.2. The molecule has 0 bridgehead atoms. The Kier molecular flexibility index (Phi) is 3.85. The molecule has 0 fully saturated rings. The van der Waals surface area contributed by atoms with Crippen molar-refractivity contribution in [2.75, 3.05) is 6.54 Å². The Balaban J connectivity index is 1.95. The average Bonchev–Trinajstić information content (AvgIpc) is 2.73. The highest BCUT2D eigenvalue weighted by Crippen LogP contribution is 2.22. The van der Waals surface area contributed by atoms with Gasteiger partial charge in [-0.1, -0.05) is 36.4 Å². The molecule has 0 unspecified atom stereocenters. The zero-order chi connectivity index (χ0) is 12.3. The summed E-state index contributed by atoms with van der Waals surface area (Å²) < 4.78 is 0. The highest BCUT2D eigenvalue weighted by Gasteiger charge is 2.12. The molecule has 1 aromatic rings. The van der Waals surface area contributed by atoms with Gasteiger partial charge in [-0.3, -0.25) is 4.79 Å². The van der Waals surface area contributed by atoms with Gasteiger partial charge in [0, 0.05) is 5.03 Å². The minimum absolute atomic E-state index is 0.00949.